The van der Waals surface area contributed by atoms with Crippen LogP contribution in [0.15, 0.2) is 42.5 Å². The second kappa shape index (κ2) is 7.72. The molecule has 1 N–H and O–H groups in total. The molecule has 1 atom stereocenters. The van der Waals surface area contributed by atoms with Crippen LogP contribution < -0.4 is 9.64 Å². The van der Waals surface area contributed by atoms with Crippen molar-refractivity contribution in [2.45, 2.75) is 24.8 Å². The van der Waals surface area contributed by atoms with Gasteiger partial charge in [-0.1, -0.05) is 18.2 Å². The number of carbonyl (C=O) groups is 1. The number of aromatic hydroxyl groups is 1. The third-order valence-corrected chi connectivity index (χ3v) is 6.47. The first-order valence-corrected chi connectivity index (χ1v) is 10.3. The second-order valence-corrected chi connectivity index (χ2v) is 8.05. The van der Waals surface area contributed by atoms with Crippen LogP contribution in [0, 0.1) is 0 Å². The fraction of sp³-hybridized carbons (Fsp3) is 0.381. The normalized spacial score (nSPS) is 19.7. The highest BCUT2D eigenvalue weighted by Crippen LogP contribution is 2.40. The Bertz CT molecular complexity index is 819. The zero-order valence-electron chi connectivity index (χ0n) is 15.4. The Morgan fingerprint density at radius 2 is 1.89 bits per heavy atom. The standard InChI is InChI=1S/C21H24N2O3S/c1-26-19-12-15(4-9-18(19)24)13-23-20(25)14-27-21(23)16-5-7-17(8-6-16)22-10-2-3-11-22/h4-9,12,21,24H,2-3,10-11,13-14H2,1H3. The van der Waals surface area contributed by atoms with Gasteiger partial charge in [0.05, 0.1) is 12.9 Å². The van der Waals surface area contributed by atoms with Gasteiger partial charge >= 0.3 is 0 Å². The van der Waals surface area contributed by atoms with Crippen molar-refractivity contribution in [1.82, 2.24) is 4.90 Å². The maximum absolute atomic E-state index is 12.5. The summed E-state index contributed by atoms with van der Waals surface area (Å²) < 4.78 is 5.19. The van der Waals surface area contributed by atoms with Crippen LogP contribution >= 0.6 is 11.8 Å². The molecule has 2 saturated heterocycles. The van der Waals surface area contributed by atoms with E-state index in [4.69, 9.17) is 4.74 Å². The van der Waals surface area contributed by atoms with Gasteiger partial charge in [0.2, 0.25) is 5.91 Å². The molecule has 1 amide bonds. The number of phenolic OH excluding ortho intramolecular Hbond substituents is 1. The van der Waals surface area contributed by atoms with Gasteiger partial charge in [-0.25, -0.2) is 0 Å². The molecule has 4 rings (SSSR count). The van der Waals surface area contributed by atoms with Crippen molar-refractivity contribution in [3.05, 3.63) is 53.6 Å². The van der Waals surface area contributed by atoms with Gasteiger partial charge in [0.1, 0.15) is 5.37 Å². The Balaban J connectivity index is 1.52. The number of thioether (sulfide) groups is 1. The van der Waals surface area contributed by atoms with Gasteiger partial charge in [0.25, 0.3) is 0 Å². The highest BCUT2D eigenvalue weighted by molar-refractivity contribution is 8.00. The minimum absolute atomic E-state index is 0.0185. The zero-order valence-corrected chi connectivity index (χ0v) is 16.2. The highest BCUT2D eigenvalue weighted by Gasteiger charge is 2.33. The van der Waals surface area contributed by atoms with Crippen molar-refractivity contribution in [2.75, 3.05) is 30.9 Å². The number of benzene rings is 2. The van der Waals surface area contributed by atoms with E-state index in [1.165, 1.54) is 25.6 Å². The predicted octanol–water partition coefficient (Wildman–Crippen LogP) is 3.78. The number of ether oxygens (including phenoxy) is 1. The number of anilines is 1. The molecule has 6 heteroatoms. The Morgan fingerprint density at radius 3 is 2.59 bits per heavy atom. The first-order valence-electron chi connectivity index (χ1n) is 9.27. The van der Waals surface area contributed by atoms with E-state index >= 15 is 0 Å². The highest BCUT2D eigenvalue weighted by atomic mass is 32.2. The monoisotopic (exact) mass is 384 g/mol. The number of rotatable bonds is 5. The average Bonchev–Trinajstić information content (AvgIpc) is 3.34. The van der Waals surface area contributed by atoms with Gasteiger partial charge in [0.15, 0.2) is 11.5 Å². The minimum Gasteiger partial charge on any atom is -0.504 e. The Kier molecular flexibility index (Phi) is 5.16. The minimum atomic E-state index is 0.0185. The van der Waals surface area contributed by atoms with Crippen LogP contribution in [0.3, 0.4) is 0 Å². The van der Waals surface area contributed by atoms with Crippen LogP contribution in [0.25, 0.3) is 0 Å². The number of methoxy groups -OCH3 is 1. The molecule has 142 valence electrons. The SMILES string of the molecule is COc1cc(CN2C(=O)CSC2c2ccc(N3CCCC3)cc2)ccc1O. The van der Waals surface area contributed by atoms with Crippen molar-refractivity contribution >= 4 is 23.4 Å². The summed E-state index contributed by atoms with van der Waals surface area (Å²) in [5.74, 6) is 1.17. The maximum Gasteiger partial charge on any atom is 0.234 e. The Labute approximate surface area is 163 Å². The molecule has 2 heterocycles. The third kappa shape index (κ3) is 3.72. The van der Waals surface area contributed by atoms with Gasteiger partial charge < -0.3 is 19.6 Å². The van der Waals surface area contributed by atoms with Crippen molar-refractivity contribution in [3.8, 4) is 11.5 Å². The van der Waals surface area contributed by atoms with E-state index in [-0.39, 0.29) is 17.0 Å². The number of carbonyl (C=O) groups excluding carboxylic acids is 1. The van der Waals surface area contributed by atoms with Crippen molar-refractivity contribution in [1.29, 1.82) is 0 Å². The molecule has 2 aliphatic heterocycles. The summed E-state index contributed by atoms with van der Waals surface area (Å²) in [5.41, 5.74) is 3.36. The fourth-order valence-corrected chi connectivity index (χ4v) is 4.93. The maximum atomic E-state index is 12.5. The van der Waals surface area contributed by atoms with Gasteiger partial charge in [-0.05, 0) is 48.2 Å². The van der Waals surface area contributed by atoms with Gasteiger partial charge in [-0.15, -0.1) is 11.8 Å². The fourth-order valence-electron chi connectivity index (χ4n) is 3.74. The second-order valence-electron chi connectivity index (χ2n) is 6.98. The molecule has 0 spiro atoms. The molecule has 1 unspecified atom stereocenters. The molecule has 0 aliphatic carbocycles. The van der Waals surface area contributed by atoms with Crippen molar-refractivity contribution in [3.63, 3.8) is 0 Å². The van der Waals surface area contributed by atoms with Crippen LogP contribution in [0.2, 0.25) is 0 Å². The molecule has 0 radical (unpaired) electrons. The lowest BCUT2D eigenvalue weighted by molar-refractivity contribution is -0.128. The van der Waals surface area contributed by atoms with E-state index in [1.54, 1.807) is 23.9 Å². The molecule has 0 bridgehead atoms. The third-order valence-electron chi connectivity index (χ3n) is 5.21. The lowest BCUT2D eigenvalue weighted by Gasteiger charge is -2.25. The first-order chi connectivity index (χ1) is 13.2. The van der Waals surface area contributed by atoms with Crippen LogP contribution in [0.4, 0.5) is 5.69 Å². The van der Waals surface area contributed by atoms with Crippen LogP contribution in [0.5, 0.6) is 11.5 Å². The number of hydrogen-bond donors (Lipinski definition) is 1. The van der Waals surface area contributed by atoms with Crippen LogP contribution in [-0.4, -0.2) is 41.9 Å². The average molecular weight is 385 g/mol. The Hall–Kier alpha value is -2.34. The quantitative estimate of drug-likeness (QED) is 0.850. The molecule has 2 aromatic carbocycles. The number of phenols is 1. The smallest absolute Gasteiger partial charge is 0.234 e. The van der Waals surface area contributed by atoms with Crippen molar-refractivity contribution < 1.29 is 14.6 Å². The molecule has 0 aromatic heterocycles. The summed E-state index contributed by atoms with van der Waals surface area (Å²) >= 11 is 1.66. The molecule has 5 nitrogen and oxygen atoms in total. The molecular formula is C21H24N2O3S. The number of hydrogen-bond acceptors (Lipinski definition) is 5. The number of nitrogens with zero attached hydrogens (tertiary/aromatic N) is 2. The molecule has 2 aromatic rings. The lowest BCUT2D eigenvalue weighted by Crippen LogP contribution is -2.27. The molecule has 2 aliphatic rings. The zero-order chi connectivity index (χ0) is 18.8. The molecule has 27 heavy (non-hydrogen) atoms. The van der Waals surface area contributed by atoms with Crippen molar-refractivity contribution in [2.24, 2.45) is 0 Å². The van der Waals surface area contributed by atoms with E-state index in [0.717, 1.165) is 24.2 Å². The van der Waals surface area contributed by atoms with Crippen LogP contribution in [0.1, 0.15) is 29.3 Å². The van der Waals surface area contributed by atoms with E-state index in [0.29, 0.717) is 18.0 Å². The molecule has 0 saturated carbocycles. The topological polar surface area (TPSA) is 53.0 Å². The van der Waals surface area contributed by atoms with Crippen LogP contribution in [-0.2, 0) is 11.3 Å². The first kappa shape index (κ1) is 18.0. The largest absolute Gasteiger partial charge is 0.504 e. The van der Waals surface area contributed by atoms with E-state index in [2.05, 4.69) is 29.2 Å². The van der Waals surface area contributed by atoms with E-state index in [1.807, 2.05) is 11.0 Å². The molecule has 2 fully saturated rings. The van der Waals surface area contributed by atoms with Gasteiger partial charge in [0, 0.05) is 25.3 Å². The van der Waals surface area contributed by atoms with Gasteiger partial charge in [-0.2, -0.15) is 0 Å². The summed E-state index contributed by atoms with van der Waals surface area (Å²) in [6.07, 6.45) is 2.53. The predicted molar refractivity (Wildman–Crippen MR) is 108 cm³/mol. The summed E-state index contributed by atoms with van der Waals surface area (Å²) in [5, 5.41) is 9.80. The summed E-state index contributed by atoms with van der Waals surface area (Å²) in [7, 11) is 1.53. The summed E-state index contributed by atoms with van der Waals surface area (Å²) in [6, 6.07) is 13.9. The number of amides is 1. The van der Waals surface area contributed by atoms with E-state index < -0.39 is 0 Å². The van der Waals surface area contributed by atoms with Gasteiger partial charge in [-0.3, -0.25) is 4.79 Å². The molecular weight excluding hydrogens is 360 g/mol. The summed E-state index contributed by atoms with van der Waals surface area (Å²) in [4.78, 5) is 16.8. The summed E-state index contributed by atoms with van der Waals surface area (Å²) in [6.45, 7) is 2.76. The lowest BCUT2D eigenvalue weighted by atomic mass is 10.1. The van der Waals surface area contributed by atoms with E-state index in [9.17, 15) is 9.90 Å². The Morgan fingerprint density at radius 1 is 1.15 bits per heavy atom.